The molecule has 2 aromatic carbocycles. The maximum atomic E-state index is 13.3. The van der Waals surface area contributed by atoms with Gasteiger partial charge in [0, 0.05) is 38.0 Å². The van der Waals surface area contributed by atoms with Crippen molar-refractivity contribution in [2.45, 2.75) is 57.3 Å². The van der Waals surface area contributed by atoms with Crippen molar-refractivity contribution in [3.63, 3.8) is 0 Å². The summed E-state index contributed by atoms with van der Waals surface area (Å²) in [7, 11) is 0. The molecule has 2 aliphatic heterocycles. The first-order valence-electron chi connectivity index (χ1n) is 13.2. The van der Waals surface area contributed by atoms with E-state index in [0.717, 1.165) is 29.1 Å². The lowest BCUT2D eigenvalue weighted by atomic mass is 9.90. The number of likely N-dealkylation sites (tertiary alicyclic amines) is 1. The highest BCUT2D eigenvalue weighted by Crippen LogP contribution is 2.34. The third-order valence-electron chi connectivity index (χ3n) is 8.04. The molecule has 196 valence electrons. The number of piperidine rings is 1. The predicted molar refractivity (Wildman–Crippen MR) is 150 cm³/mol. The van der Waals surface area contributed by atoms with E-state index >= 15 is 0 Å². The zero-order chi connectivity index (χ0) is 26.3. The Bertz CT molecular complexity index is 1540. The summed E-state index contributed by atoms with van der Waals surface area (Å²) in [5.74, 6) is 0.252. The first kappa shape index (κ1) is 25.0. The van der Waals surface area contributed by atoms with Gasteiger partial charge in [-0.15, -0.1) is 11.3 Å². The summed E-state index contributed by atoms with van der Waals surface area (Å²) in [5, 5.41) is 17.2. The van der Waals surface area contributed by atoms with Crippen molar-refractivity contribution in [3.05, 3.63) is 87.3 Å². The van der Waals surface area contributed by atoms with Crippen molar-refractivity contribution in [1.29, 1.82) is 0 Å². The summed E-state index contributed by atoms with van der Waals surface area (Å²) >= 11 is 1.53. The van der Waals surface area contributed by atoms with Crippen LogP contribution in [0.1, 0.15) is 48.8 Å². The fourth-order valence-electron chi connectivity index (χ4n) is 5.66. The maximum absolute atomic E-state index is 13.3. The van der Waals surface area contributed by atoms with Crippen LogP contribution in [0.2, 0.25) is 0 Å². The van der Waals surface area contributed by atoms with Gasteiger partial charge in [-0.05, 0) is 47.1 Å². The van der Waals surface area contributed by atoms with Crippen LogP contribution in [0.4, 0.5) is 0 Å². The number of nitrogens with zero attached hydrogens (tertiary/aromatic N) is 3. The van der Waals surface area contributed by atoms with Crippen molar-refractivity contribution in [2.75, 3.05) is 13.1 Å². The number of hydrogen-bond acceptors (Lipinski definition) is 6. The summed E-state index contributed by atoms with van der Waals surface area (Å²) in [5.41, 5.74) is 4.37. The standard InChI is InChI=1S/C30H32N4O3S/c1-20(21-5-3-2-4-6-21)13-26(35)33-11-9-30(37,10-12-33)18-34-19-32-27-25(29(34)36)17-38-28(27)22-7-8-23-15-31-16-24(23)14-22/h2-8,14,17,19-20,31,37H,9-13,15-16,18H2,1H3/t20-/m1/s1. The molecular weight excluding hydrogens is 496 g/mol. The number of hydrogen-bond donors (Lipinski definition) is 2. The van der Waals surface area contributed by atoms with E-state index < -0.39 is 5.60 Å². The largest absolute Gasteiger partial charge is 0.388 e. The van der Waals surface area contributed by atoms with Crippen LogP contribution in [0.5, 0.6) is 0 Å². The fourth-order valence-corrected chi connectivity index (χ4v) is 6.64. The normalized spacial score (nSPS) is 17.5. The number of aliphatic hydroxyl groups is 1. The third-order valence-corrected chi connectivity index (χ3v) is 9.06. The van der Waals surface area contributed by atoms with Crippen LogP contribution in [0.25, 0.3) is 21.3 Å². The topological polar surface area (TPSA) is 87.5 Å². The highest BCUT2D eigenvalue weighted by atomic mass is 32.1. The Morgan fingerprint density at radius 2 is 1.89 bits per heavy atom. The first-order valence-corrected chi connectivity index (χ1v) is 14.1. The van der Waals surface area contributed by atoms with Gasteiger partial charge < -0.3 is 15.3 Å². The Balaban J connectivity index is 1.13. The zero-order valence-corrected chi connectivity index (χ0v) is 22.3. The van der Waals surface area contributed by atoms with Crippen LogP contribution in [0.3, 0.4) is 0 Å². The average Bonchev–Trinajstić information content (AvgIpc) is 3.58. The molecule has 4 aromatic rings. The lowest BCUT2D eigenvalue weighted by Crippen LogP contribution is -2.49. The molecule has 1 fully saturated rings. The highest BCUT2D eigenvalue weighted by molar-refractivity contribution is 7.15. The molecular formula is C30H32N4O3S. The van der Waals surface area contributed by atoms with Gasteiger partial charge in [-0.3, -0.25) is 14.2 Å². The van der Waals surface area contributed by atoms with Gasteiger partial charge in [-0.1, -0.05) is 49.4 Å². The number of thiophene rings is 1. The Morgan fingerprint density at radius 3 is 2.68 bits per heavy atom. The number of amides is 1. The van der Waals surface area contributed by atoms with Crippen LogP contribution < -0.4 is 10.9 Å². The minimum absolute atomic E-state index is 0.108. The van der Waals surface area contributed by atoms with E-state index in [0.29, 0.717) is 43.3 Å². The van der Waals surface area contributed by atoms with Crippen molar-refractivity contribution in [2.24, 2.45) is 0 Å². The SMILES string of the molecule is C[C@H](CC(=O)N1CCC(O)(Cn2cnc3c(-c4ccc5c(c4)CNC5)scc3c2=O)CC1)c1ccccc1. The second-order valence-electron chi connectivity index (χ2n) is 10.7. The van der Waals surface area contributed by atoms with Crippen LogP contribution in [-0.4, -0.2) is 44.2 Å². The second kappa shape index (κ2) is 10.1. The van der Waals surface area contributed by atoms with Crippen LogP contribution >= 0.6 is 11.3 Å². The molecule has 0 aliphatic carbocycles. The smallest absolute Gasteiger partial charge is 0.262 e. The number of carbonyl (C=O) groups is 1. The minimum Gasteiger partial charge on any atom is -0.388 e. The molecule has 2 N–H and O–H groups in total. The number of carbonyl (C=O) groups excluding carboxylic acids is 1. The van der Waals surface area contributed by atoms with Gasteiger partial charge in [0.2, 0.25) is 5.91 Å². The fraction of sp³-hybridized carbons (Fsp3) is 0.367. The number of benzene rings is 2. The van der Waals surface area contributed by atoms with E-state index in [2.05, 4.69) is 47.6 Å². The van der Waals surface area contributed by atoms with E-state index in [1.807, 2.05) is 28.5 Å². The molecule has 2 aliphatic rings. The van der Waals surface area contributed by atoms with Crippen LogP contribution in [-0.2, 0) is 24.4 Å². The highest BCUT2D eigenvalue weighted by Gasteiger charge is 2.35. The molecule has 1 atom stereocenters. The minimum atomic E-state index is -1.05. The number of aromatic nitrogens is 2. The molecule has 0 radical (unpaired) electrons. The van der Waals surface area contributed by atoms with Crippen LogP contribution in [0.15, 0.2) is 65.0 Å². The van der Waals surface area contributed by atoms with E-state index in [1.165, 1.54) is 27.0 Å². The molecule has 6 rings (SSSR count). The van der Waals surface area contributed by atoms with Gasteiger partial charge in [0.25, 0.3) is 5.56 Å². The van der Waals surface area contributed by atoms with Crippen molar-refractivity contribution < 1.29 is 9.90 Å². The van der Waals surface area contributed by atoms with Gasteiger partial charge in [0.05, 0.1) is 34.3 Å². The molecule has 0 saturated carbocycles. The van der Waals surface area contributed by atoms with Gasteiger partial charge in [0.15, 0.2) is 0 Å². The van der Waals surface area contributed by atoms with Gasteiger partial charge in [-0.2, -0.15) is 0 Å². The molecule has 1 amide bonds. The molecule has 4 heterocycles. The van der Waals surface area contributed by atoms with E-state index in [1.54, 1.807) is 6.33 Å². The Kier molecular flexibility index (Phi) is 6.63. The van der Waals surface area contributed by atoms with Gasteiger partial charge in [-0.25, -0.2) is 4.98 Å². The summed E-state index contributed by atoms with van der Waals surface area (Å²) < 4.78 is 1.53. The molecule has 8 heteroatoms. The summed E-state index contributed by atoms with van der Waals surface area (Å²) in [6, 6.07) is 16.5. The van der Waals surface area contributed by atoms with E-state index in [4.69, 9.17) is 0 Å². The summed E-state index contributed by atoms with van der Waals surface area (Å²) in [4.78, 5) is 33.8. The average molecular weight is 529 g/mol. The van der Waals surface area contributed by atoms with Crippen molar-refractivity contribution in [3.8, 4) is 10.4 Å². The summed E-state index contributed by atoms with van der Waals surface area (Å²) in [6.07, 6.45) is 2.87. The molecule has 7 nitrogen and oxygen atoms in total. The molecule has 1 saturated heterocycles. The molecule has 0 bridgehead atoms. The first-order chi connectivity index (χ1) is 18.4. The molecule has 0 unspecified atom stereocenters. The maximum Gasteiger partial charge on any atom is 0.262 e. The lowest BCUT2D eigenvalue weighted by molar-refractivity contribution is -0.136. The molecule has 2 aromatic heterocycles. The van der Waals surface area contributed by atoms with Crippen LogP contribution in [0, 0.1) is 0 Å². The third kappa shape index (κ3) is 4.79. The number of nitrogens with one attached hydrogen (secondary N) is 1. The number of fused-ring (bicyclic) bond motifs is 2. The quantitative estimate of drug-likeness (QED) is 0.390. The van der Waals surface area contributed by atoms with Gasteiger partial charge >= 0.3 is 0 Å². The summed E-state index contributed by atoms with van der Waals surface area (Å²) in [6.45, 7) is 4.97. The van der Waals surface area contributed by atoms with Gasteiger partial charge in [0.1, 0.15) is 0 Å². The monoisotopic (exact) mass is 528 g/mol. The van der Waals surface area contributed by atoms with E-state index in [-0.39, 0.29) is 23.9 Å². The number of rotatable bonds is 6. The predicted octanol–water partition coefficient (Wildman–Crippen LogP) is 4.28. The van der Waals surface area contributed by atoms with Crippen molar-refractivity contribution in [1.82, 2.24) is 19.8 Å². The van der Waals surface area contributed by atoms with Crippen molar-refractivity contribution >= 4 is 28.1 Å². The lowest BCUT2D eigenvalue weighted by Gasteiger charge is -2.38. The zero-order valence-electron chi connectivity index (χ0n) is 21.5. The Morgan fingerprint density at radius 1 is 1.13 bits per heavy atom. The second-order valence-corrected chi connectivity index (χ2v) is 11.6. The molecule has 38 heavy (non-hydrogen) atoms. The molecule has 0 spiro atoms. The Hall–Kier alpha value is -3.33. The Labute approximate surface area is 225 Å². The van der Waals surface area contributed by atoms with E-state index in [9.17, 15) is 14.7 Å².